The fourth-order valence-electron chi connectivity index (χ4n) is 6.93. The van der Waals surface area contributed by atoms with E-state index in [0.717, 1.165) is 48.0 Å². The van der Waals surface area contributed by atoms with E-state index in [-0.39, 0.29) is 23.6 Å². The molecule has 0 saturated carbocycles. The fourth-order valence-corrected chi connectivity index (χ4v) is 6.93. The number of fused-ring (bicyclic) bond motifs is 3. The van der Waals surface area contributed by atoms with Crippen molar-refractivity contribution in [3.05, 3.63) is 66.1 Å². The number of nitrogens with one attached hydrogen (secondary N) is 1. The predicted octanol–water partition coefficient (Wildman–Crippen LogP) is 3.59. The van der Waals surface area contributed by atoms with Gasteiger partial charge in [-0.25, -0.2) is 14.4 Å². The number of rotatable bonds is 5. The largest absolute Gasteiger partial charge is 0.346 e. The highest BCUT2D eigenvalue weighted by Gasteiger charge is 2.52. The normalized spacial score (nSPS) is 23.5. The average molecular weight is 536 g/mol. The molecule has 1 aromatic carbocycles. The number of halogens is 1. The van der Waals surface area contributed by atoms with Crippen LogP contribution in [-0.2, 0) is 5.54 Å². The molecule has 40 heavy (non-hydrogen) atoms. The first kappa shape index (κ1) is 24.4. The number of aromatic nitrogens is 5. The van der Waals surface area contributed by atoms with Crippen LogP contribution in [0.25, 0.3) is 22.3 Å². The van der Waals surface area contributed by atoms with E-state index in [1.54, 1.807) is 18.3 Å². The number of hydrogen-bond donors (Lipinski definition) is 1. The summed E-state index contributed by atoms with van der Waals surface area (Å²) in [5.41, 5.74) is 2.27. The van der Waals surface area contributed by atoms with Crippen molar-refractivity contribution in [1.29, 1.82) is 10.5 Å². The van der Waals surface area contributed by atoms with Crippen LogP contribution in [0.15, 0.2) is 49.2 Å². The fraction of sp³-hybridized carbons (Fsp3) is 0.379. The Morgan fingerprint density at radius 2 is 1.93 bits per heavy atom. The molecule has 3 saturated heterocycles. The van der Waals surface area contributed by atoms with E-state index in [9.17, 15) is 14.4 Å². The van der Waals surface area contributed by atoms with Gasteiger partial charge in [-0.05, 0) is 49.9 Å². The number of piperidine rings is 1. The monoisotopic (exact) mass is 535 g/mol. The molecule has 11 heteroatoms. The first-order valence-electron chi connectivity index (χ1n) is 13.5. The highest BCUT2D eigenvalue weighted by atomic mass is 19.1. The maximum Gasteiger partial charge on any atom is 0.254 e. The summed E-state index contributed by atoms with van der Waals surface area (Å²) in [5.74, 6) is -0.828. The molecule has 2 unspecified atom stereocenters. The Hall–Kier alpha value is -4.61. The summed E-state index contributed by atoms with van der Waals surface area (Å²) in [6.07, 6.45) is 11.0. The molecule has 0 aliphatic carbocycles. The van der Waals surface area contributed by atoms with Crippen LogP contribution in [-0.4, -0.2) is 71.7 Å². The van der Waals surface area contributed by atoms with E-state index < -0.39 is 11.4 Å². The lowest BCUT2D eigenvalue weighted by atomic mass is 9.82. The number of benzene rings is 1. The first-order valence-corrected chi connectivity index (χ1v) is 13.5. The zero-order valence-corrected chi connectivity index (χ0v) is 21.7. The minimum Gasteiger partial charge on any atom is -0.346 e. The van der Waals surface area contributed by atoms with Crippen molar-refractivity contribution in [1.82, 2.24) is 34.5 Å². The summed E-state index contributed by atoms with van der Waals surface area (Å²) in [4.78, 5) is 29.5. The van der Waals surface area contributed by atoms with Gasteiger partial charge < -0.3 is 9.88 Å². The highest BCUT2D eigenvalue weighted by Crippen LogP contribution is 2.43. The average Bonchev–Trinajstić information content (AvgIpc) is 3.68. The second-order valence-corrected chi connectivity index (χ2v) is 11.1. The van der Waals surface area contributed by atoms with Crippen LogP contribution in [0.1, 0.15) is 48.0 Å². The van der Waals surface area contributed by atoms with E-state index in [1.165, 1.54) is 18.5 Å². The van der Waals surface area contributed by atoms with Gasteiger partial charge in [0.1, 0.15) is 29.4 Å². The Morgan fingerprint density at radius 1 is 1.12 bits per heavy atom. The van der Waals surface area contributed by atoms with Gasteiger partial charge in [0.15, 0.2) is 0 Å². The van der Waals surface area contributed by atoms with Crippen molar-refractivity contribution in [2.45, 2.75) is 55.8 Å². The highest BCUT2D eigenvalue weighted by molar-refractivity contribution is 5.95. The number of likely N-dealkylation sites (tertiary alicyclic amines) is 1. The molecule has 1 amide bonds. The molecule has 2 bridgehead atoms. The standard InChI is InChI=1S/C29H26FN9O/c30-25-9-18(1-2-19(25)12-32)28(40)39-21-3-4-22(39)11-23(10-21)37-15-29(16-37,6-7-31)38-14-20(13-36-38)26-24-5-8-33-27(24)35-17-34-26/h1-2,5,8-9,13-14,17,21-23H,3-4,6,10-11,15-16H2,(H,33,34,35). The zero-order valence-electron chi connectivity index (χ0n) is 21.7. The summed E-state index contributed by atoms with van der Waals surface area (Å²) in [5, 5.41) is 24.3. The lowest BCUT2D eigenvalue weighted by molar-refractivity contribution is -0.0511. The Morgan fingerprint density at radius 3 is 2.65 bits per heavy atom. The maximum atomic E-state index is 14.2. The van der Waals surface area contributed by atoms with Gasteiger partial charge in [0.2, 0.25) is 0 Å². The number of aromatic amines is 1. The van der Waals surface area contributed by atoms with Crippen molar-refractivity contribution < 1.29 is 9.18 Å². The minimum atomic E-state index is -0.663. The number of carbonyl (C=O) groups excluding carboxylic acids is 1. The molecule has 3 aliphatic rings. The van der Waals surface area contributed by atoms with Crippen LogP contribution in [0.2, 0.25) is 0 Å². The molecular weight excluding hydrogens is 509 g/mol. The van der Waals surface area contributed by atoms with Crippen molar-refractivity contribution in [3.63, 3.8) is 0 Å². The first-order chi connectivity index (χ1) is 19.5. The van der Waals surface area contributed by atoms with Crippen LogP contribution in [0, 0.1) is 28.5 Å². The van der Waals surface area contributed by atoms with E-state index in [2.05, 4.69) is 31.0 Å². The topological polar surface area (TPSA) is 131 Å². The third kappa shape index (κ3) is 3.77. The zero-order chi connectivity index (χ0) is 27.4. The summed E-state index contributed by atoms with van der Waals surface area (Å²) >= 11 is 0. The van der Waals surface area contributed by atoms with Gasteiger partial charge in [-0.1, -0.05) is 0 Å². The van der Waals surface area contributed by atoms with E-state index >= 15 is 0 Å². The molecule has 2 atom stereocenters. The molecule has 0 radical (unpaired) electrons. The molecule has 7 rings (SSSR count). The van der Waals surface area contributed by atoms with Crippen molar-refractivity contribution in [3.8, 4) is 23.4 Å². The predicted molar refractivity (Wildman–Crippen MR) is 142 cm³/mol. The third-order valence-corrected chi connectivity index (χ3v) is 8.89. The third-order valence-electron chi connectivity index (χ3n) is 8.89. The second kappa shape index (κ2) is 9.25. The lowest BCUT2D eigenvalue weighted by Crippen LogP contribution is -2.67. The maximum absolute atomic E-state index is 14.2. The summed E-state index contributed by atoms with van der Waals surface area (Å²) in [6, 6.07) is 10.7. The van der Waals surface area contributed by atoms with Gasteiger partial charge in [0.05, 0.1) is 29.9 Å². The molecule has 1 N–H and O–H groups in total. The second-order valence-electron chi connectivity index (χ2n) is 11.1. The molecule has 4 aromatic rings. The van der Waals surface area contributed by atoms with Gasteiger partial charge in [-0.15, -0.1) is 0 Å². The number of H-pyrrole nitrogens is 1. The van der Waals surface area contributed by atoms with Gasteiger partial charge in [-0.3, -0.25) is 14.4 Å². The molecule has 6 heterocycles. The molecule has 3 fully saturated rings. The van der Waals surface area contributed by atoms with Gasteiger partial charge >= 0.3 is 0 Å². The molecule has 10 nitrogen and oxygen atoms in total. The van der Waals surface area contributed by atoms with Gasteiger partial charge in [-0.2, -0.15) is 15.6 Å². The molecular formula is C29H26FN9O. The van der Waals surface area contributed by atoms with Crippen molar-refractivity contribution >= 4 is 16.9 Å². The summed E-state index contributed by atoms with van der Waals surface area (Å²) in [6.45, 7) is 1.42. The van der Waals surface area contributed by atoms with Crippen LogP contribution >= 0.6 is 0 Å². The van der Waals surface area contributed by atoms with Crippen LogP contribution < -0.4 is 0 Å². The quantitative estimate of drug-likeness (QED) is 0.413. The number of carbonyl (C=O) groups is 1. The Balaban J connectivity index is 1.06. The van der Waals surface area contributed by atoms with Crippen LogP contribution in [0.3, 0.4) is 0 Å². The Bertz CT molecular complexity index is 1690. The van der Waals surface area contributed by atoms with Crippen molar-refractivity contribution in [2.75, 3.05) is 13.1 Å². The van der Waals surface area contributed by atoms with Gasteiger partial charge in [0, 0.05) is 60.1 Å². The van der Waals surface area contributed by atoms with E-state index in [0.29, 0.717) is 31.1 Å². The minimum absolute atomic E-state index is 0.0593. The number of nitrogens with zero attached hydrogens (tertiary/aromatic N) is 8. The molecule has 0 spiro atoms. The SMILES string of the molecule is N#CCC1(n2cc(-c3ncnc4[nH]ccc34)cn2)CN(C2CC3CCC(C2)N3C(=O)c2ccc(C#N)c(F)c2)C1. The van der Waals surface area contributed by atoms with Gasteiger partial charge in [0.25, 0.3) is 5.91 Å². The van der Waals surface area contributed by atoms with E-state index in [1.807, 2.05) is 28.0 Å². The number of hydrogen-bond acceptors (Lipinski definition) is 7. The van der Waals surface area contributed by atoms with Crippen molar-refractivity contribution in [2.24, 2.45) is 0 Å². The van der Waals surface area contributed by atoms with Crippen LogP contribution in [0.4, 0.5) is 4.39 Å². The number of amides is 1. The Labute approximate surface area is 229 Å². The molecule has 3 aromatic heterocycles. The molecule has 200 valence electrons. The summed E-state index contributed by atoms with van der Waals surface area (Å²) in [7, 11) is 0. The smallest absolute Gasteiger partial charge is 0.254 e. The summed E-state index contributed by atoms with van der Waals surface area (Å²) < 4.78 is 16.1. The number of nitriles is 2. The molecule has 3 aliphatic heterocycles. The van der Waals surface area contributed by atoms with E-state index in [4.69, 9.17) is 5.26 Å². The van der Waals surface area contributed by atoms with Crippen LogP contribution in [0.5, 0.6) is 0 Å². The lowest BCUT2D eigenvalue weighted by Gasteiger charge is -2.54. The Kier molecular flexibility index (Phi) is 5.65.